The van der Waals surface area contributed by atoms with Crippen molar-refractivity contribution in [3.8, 4) is 0 Å². The number of hydrogen-bond acceptors (Lipinski definition) is 2. The van der Waals surface area contributed by atoms with Crippen molar-refractivity contribution in [2.45, 2.75) is 0 Å². The Morgan fingerprint density at radius 1 is 1.21 bits per heavy atom. The van der Waals surface area contributed by atoms with E-state index in [2.05, 4.69) is 26.3 Å². The SMILES string of the molecule is NN=C(Nc1ccc(Br)cc1)c1c(F)cccc1Cl. The van der Waals surface area contributed by atoms with Crippen LogP contribution in [0.3, 0.4) is 0 Å². The first-order valence-corrected chi connectivity index (χ1v) is 6.54. The van der Waals surface area contributed by atoms with E-state index < -0.39 is 5.82 Å². The van der Waals surface area contributed by atoms with Crippen molar-refractivity contribution in [1.82, 2.24) is 0 Å². The van der Waals surface area contributed by atoms with E-state index in [1.165, 1.54) is 12.1 Å². The number of halogens is 3. The Bertz CT molecular complexity index is 594. The van der Waals surface area contributed by atoms with Gasteiger partial charge in [-0.05, 0) is 36.4 Å². The van der Waals surface area contributed by atoms with Crippen LogP contribution in [0.1, 0.15) is 5.56 Å². The van der Waals surface area contributed by atoms with Gasteiger partial charge in [0, 0.05) is 10.2 Å². The molecule has 0 unspecified atom stereocenters. The number of hydrazone groups is 1. The van der Waals surface area contributed by atoms with Gasteiger partial charge in [-0.25, -0.2) is 4.39 Å². The van der Waals surface area contributed by atoms with Crippen molar-refractivity contribution in [3.63, 3.8) is 0 Å². The molecule has 0 aliphatic carbocycles. The fraction of sp³-hybridized carbons (Fsp3) is 0. The van der Waals surface area contributed by atoms with Crippen molar-refractivity contribution in [2.75, 3.05) is 5.32 Å². The molecule has 6 heteroatoms. The van der Waals surface area contributed by atoms with E-state index in [0.29, 0.717) is 0 Å². The molecular formula is C13H10BrClFN3. The Labute approximate surface area is 123 Å². The van der Waals surface area contributed by atoms with Crippen molar-refractivity contribution >= 4 is 39.1 Å². The summed E-state index contributed by atoms with van der Waals surface area (Å²) in [5.74, 6) is 5.00. The van der Waals surface area contributed by atoms with E-state index in [0.717, 1.165) is 10.2 Å². The first-order chi connectivity index (χ1) is 9.11. The van der Waals surface area contributed by atoms with Gasteiger partial charge in [-0.3, -0.25) is 0 Å². The molecule has 0 saturated heterocycles. The molecule has 3 nitrogen and oxygen atoms in total. The number of nitrogens with two attached hydrogens (primary N) is 1. The van der Waals surface area contributed by atoms with Crippen LogP contribution in [0, 0.1) is 5.82 Å². The zero-order chi connectivity index (χ0) is 13.8. The second-order valence-electron chi connectivity index (χ2n) is 3.71. The molecule has 0 atom stereocenters. The predicted molar refractivity (Wildman–Crippen MR) is 79.9 cm³/mol. The molecule has 98 valence electrons. The number of benzene rings is 2. The summed E-state index contributed by atoms with van der Waals surface area (Å²) in [6.07, 6.45) is 0. The monoisotopic (exact) mass is 341 g/mol. The quantitative estimate of drug-likeness (QED) is 0.375. The Morgan fingerprint density at radius 3 is 2.47 bits per heavy atom. The van der Waals surface area contributed by atoms with E-state index in [9.17, 15) is 4.39 Å². The molecule has 0 aliphatic heterocycles. The minimum absolute atomic E-state index is 0.148. The molecule has 3 N–H and O–H groups in total. The molecule has 0 bridgehead atoms. The smallest absolute Gasteiger partial charge is 0.161 e. The Kier molecular flexibility index (Phi) is 4.39. The van der Waals surface area contributed by atoms with Gasteiger partial charge in [-0.15, -0.1) is 0 Å². The number of rotatable bonds is 2. The van der Waals surface area contributed by atoms with Gasteiger partial charge in [-0.2, -0.15) is 5.10 Å². The van der Waals surface area contributed by atoms with Crippen molar-refractivity contribution in [2.24, 2.45) is 10.9 Å². The molecule has 2 rings (SSSR count). The summed E-state index contributed by atoms with van der Waals surface area (Å²) in [6, 6.07) is 11.7. The van der Waals surface area contributed by atoms with Crippen LogP contribution >= 0.6 is 27.5 Å². The Balaban J connectivity index is 2.34. The van der Waals surface area contributed by atoms with Crippen LogP contribution in [0.25, 0.3) is 0 Å². The van der Waals surface area contributed by atoms with Gasteiger partial charge < -0.3 is 11.2 Å². The van der Waals surface area contributed by atoms with E-state index >= 15 is 0 Å². The predicted octanol–water partition coefficient (Wildman–Crippen LogP) is 3.97. The molecule has 0 aromatic heterocycles. The van der Waals surface area contributed by atoms with E-state index in [1.54, 1.807) is 6.07 Å². The standard InChI is InChI=1S/C13H10BrClFN3/c14-8-4-6-9(7-5-8)18-13(19-17)12-10(15)2-1-3-11(12)16/h1-7H,17H2,(H,18,19). The summed E-state index contributed by atoms with van der Waals surface area (Å²) in [5, 5.41) is 6.74. The lowest BCUT2D eigenvalue weighted by molar-refractivity contribution is 0.625. The van der Waals surface area contributed by atoms with Gasteiger partial charge in [-0.1, -0.05) is 33.6 Å². The van der Waals surface area contributed by atoms with Crippen molar-refractivity contribution < 1.29 is 4.39 Å². The van der Waals surface area contributed by atoms with Crippen LogP contribution in [0.4, 0.5) is 10.1 Å². The topological polar surface area (TPSA) is 50.4 Å². The lowest BCUT2D eigenvalue weighted by Gasteiger charge is -2.11. The average molecular weight is 343 g/mol. The molecule has 2 aromatic rings. The number of nitrogens with zero attached hydrogens (tertiary/aromatic N) is 1. The first-order valence-electron chi connectivity index (χ1n) is 5.36. The Hall–Kier alpha value is -1.59. The largest absolute Gasteiger partial charge is 0.338 e. The van der Waals surface area contributed by atoms with E-state index in [-0.39, 0.29) is 16.4 Å². The maximum Gasteiger partial charge on any atom is 0.161 e. The van der Waals surface area contributed by atoms with Crippen LogP contribution in [0.15, 0.2) is 52.0 Å². The molecular weight excluding hydrogens is 333 g/mol. The number of anilines is 1. The summed E-state index contributed by atoms with van der Waals surface area (Å²) in [7, 11) is 0. The summed E-state index contributed by atoms with van der Waals surface area (Å²) in [6.45, 7) is 0. The second kappa shape index (κ2) is 6.04. The maximum absolute atomic E-state index is 13.8. The highest BCUT2D eigenvalue weighted by atomic mass is 79.9. The van der Waals surface area contributed by atoms with Crippen LogP contribution < -0.4 is 11.2 Å². The van der Waals surface area contributed by atoms with Crippen LogP contribution in [-0.2, 0) is 0 Å². The fourth-order valence-electron chi connectivity index (χ4n) is 1.55. The van der Waals surface area contributed by atoms with E-state index in [4.69, 9.17) is 17.4 Å². The van der Waals surface area contributed by atoms with Gasteiger partial charge in [0.05, 0.1) is 10.6 Å². The number of hydrogen-bond donors (Lipinski definition) is 2. The molecule has 0 fully saturated rings. The molecule has 2 aromatic carbocycles. The number of amidine groups is 1. The highest BCUT2D eigenvalue weighted by molar-refractivity contribution is 9.10. The van der Waals surface area contributed by atoms with Gasteiger partial charge in [0.15, 0.2) is 5.84 Å². The minimum Gasteiger partial charge on any atom is -0.338 e. The third-order valence-corrected chi connectivity index (χ3v) is 3.28. The molecule has 0 radical (unpaired) electrons. The molecule has 0 heterocycles. The summed E-state index contributed by atoms with van der Waals surface area (Å²) in [5.41, 5.74) is 0.876. The summed E-state index contributed by atoms with van der Waals surface area (Å²) < 4.78 is 14.7. The zero-order valence-corrected chi connectivity index (χ0v) is 12.0. The summed E-state index contributed by atoms with van der Waals surface area (Å²) >= 11 is 9.30. The molecule has 0 saturated carbocycles. The summed E-state index contributed by atoms with van der Waals surface area (Å²) in [4.78, 5) is 0. The molecule has 0 spiro atoms. The molecule has 19 heavy (non-hydrogen) atoms. The van der Waals surface area contributed by atoms with Gasteiger partial charge >= 0.3 is 0 Å². The van der Waals surface area contributed by atoms with Gasteiger partial charge in [0.1, 0.15) is 5.82 Å². The van der Waals surface area contributed by atoms with Crippen LogP contribution in [0.2, 0.25) is 5.02 Å². The molecule has 0 aliphatic rings. The van der Waals surface area contributed by atoms with E-state index in [1.807, 2.05) is 24.3 Å². The lowest BCUT2D eigenvalue weighted by Crippen LogP contribution is -2.18. The van der Waals surface area contributed by atoms with Crippen LogP contribution in [-0.4, -0.2) is 5.84 Å². The third-order valence-electron chi connectivity index (χ3n) is 2.44. The highest BCUT2D eigenvalue weighted by Gasteiger charge is 2.14. The number of nitrogens with one attached hydrogen (secondary N) is 1. The third kappa shape index (κ3) is 3.24. The zero-order valence-electron chi connectivity index (χ0n) is 9.70. The molecule has 0 amide bonds. The second-order valence-corrected chi connectivity index (χ2v) is 5.03. The Morgan fingerprint density at radius 2 is 1.89 bits per heavy atom. The average Bonchev–Trinajstić information content (AvgIpc) is 2.39. The maximum atomic E-state index is 13.8. The first kappa shape index (κ1) is 13.8. The fourth-order valence-corrected chi connectivity index (χ4v) is 2.07. The van der Waals surface area contributed by atoms with Gasteiger partial charge in [0.2, 0.25) is 0 Å². The van der Waals surface area contributed by atoms with Gasteiger partial charge in [0.25, 0.3) is 0 Å². The lowest BCUT2D eigenvalue weighted by atomic mass is 10.2. The van der Waals surface area contributed by atoms with Crippen LogP contribution in [0.5, 0.6) is 0 Å². The minimum atomic E-state index is -0.485. The highest BCUT2D eigenvalue weighted by Crippen LogP contribution is 2.21. The normalized spacial score (nSPS) is 11.4. The van der Waals surface area contributed by atoms with Crippen molar-refractivity contribution in [1.29, 1.82) is 0 Å². The van der Waals surface area contributed by atoms with Crippen molar-refractivity contribution in [3.05, 3.63) is 63.3 Å².